The van der Waals surface area contributed by atoms with Crippen molar-refractivity contribution in [2.24, 2.45) is 5.92 Å². The lowest BCUT2D eigenvalue weighted by molar-refractivity contribution is -0.141. The van der Waals surface area contributed by atoms with Crippen molar-refractivity contribution in [3.8, 4) is 0 Å². The fourth-order valence-electron chi connectivity index (χ4n) is 3.44. The summed E-state index contributed by atoms with van der Waals surface area (Å²) in [6.45, 7) is 1.24. The third-order valence-corrected chi connectivity index (χ3v) is 5.07. The lowest BCUT2D eigenvalue weighted by atomic mass is 9.97. The molecule has 1 saturated heterocycles. The minimum absolute atomic E-state index is 0.118. The van der Waals surface area contributed by atoms with Gasteiger partial charge in [-0.2, -0.15) is 0 Å². The minimum Gasteiger partial charge on any atom is -0.481 e. The van der Waals surface area contributed by atoms with E-state index in [9.17, 15) is 14.7 Å². The maximum atomic E-state index is 12.7. The molecule has 1 aliphatic heterocycles. The number of fused-ring (bicyclic) bond motifs is 2. The van der Waals surface area contributed by atoms with Gasteiger partial charge in [-0.05, 0) is 37.1 Å². The molecular weight excluding hydrogens is 342 g/mol. The number of halogens is 1. The molecule has 0 radical (unpaired) electrons. The number of nitrogens with zero attached hydrogens (tertiary/aromatic N) is 1. The first-order valence-corrected chi connectivity index (χ1v) is 8.55. The predicted molar refractivity (Wildman–Crippen MR) is 97.6 cm³/mol. The van der Waals surface area contributed by atoms with Gasteiger partial charge < -0.3 is 14.4 Å². The first-order chi connectivity index (χ1) is 12.0. The first-order valence-electron chi connectivity index (χ1n) is 8.17. The molecule has 1 N–H and O–H groups in total. The second-order valence-corrected chi connectivity index (χ2v) is 6.76. The van der Waals surface area contributed by atoms with Crippen molar-refractivity contribution in [3.63, 3.8) is 0 Å². The first kappa shape index (κ1) is 16.0. The summed E-state index contributed by atoms with van der Waals surface area (Å²) in [5.41, 5.74) is 1.57. The fraction of sp³-hybridized carbons (Fsp3) is 0.263. The van der Waals surface area contributed by atoms with E-state index in [2.05, 4.69) is 0 Å². The fourth-order valence-corrected chi connectivity index (χ4v) is 3.65. The van der Waals surface area contributed by atoms with Crippen LogP contribution in [0.4, 0.5) is 5.69 Å². The Balaban J connectivity index is 1.82. The standard InChI is InChI=1S/C19H16ClNO4/c20-15-5-1-4-14-17(22)13-7-6-12(9-16(13)25-18(14)15)21-8-2-3-11(10-21)19(23)24/h1,4-7,9,11H,2-3,8,10H2,(H,23,24). The van der Waals surface area contributed by atoms with Gasteiger partial charge >= 0.3 is 5.97 Å². The van der Waals surface area contributed by atoms with E-state index in [-0.39, 0.29) is 11.3 Å². The van der Waals surface area contributed by atoms with E-state index in [0.29, 0.717) is 39.9 Å². The number of hydrogen-bond acceptors (Lipinski definition) is 4. The number of anilines is 1. The van der Waals surface area contributed by atoms with E-state index >= 15 is 0 Å². The van der Waals surface area contributed by atoms with Crippen LogP contribution >= 0.6 is 11.6 Å². The van der Waals surface area contributed by atoms with Crippen LogP contribution in [0.5, 0.6) is 0 Å². The van der Waals surface area contributed by atoms with Gasteiger partial charge in [-0.25, -0.2) is 0 Å². The number of para-hydroxylation sites is 1. The Morgan fingerprint density at radius 2 is 2.08 bits per heavy atom. The van der Waals surface area contributed by atoms with Crippen LogP contribution in [0.25, 0.3) is 21.9 Å². The number of hydrogen-bond donors (Lipinski definition) is 1. The molecule has 1 aromatic heterocycles. The van der Waals surface area contributed by atoms with Gasteiger partial charge in [-0.15, -0.1) is 0 Å². The molecule has 2 aromatic carbocycles. The van der Waals surface area contributed by atoms with Crippen molar-refractivity contribution < 1.29 is 14.3 Å². The Labute approximate surface area is 148 Å². The number of aliphatic carboxylic acids is 1. The number of benzene rings is 2. The number of carbonyl (C=O) groups is 1. The predicted octanol–water partition coefficient (Wildman–Crippen LogP) is 3.90. The van der Waals surface area contributed by atoms with Crippen LogP contribution in [0.2, 0.25) is 5.02 Å². The van der Waals surface area contributed by atoms with Crippen LogP contribution in [0.1, 0.15) is 12.8 Å². The Bertz CT molecular complexity index is 1040. The van der Waals surface area contributed by atoms with Crippen molar-refractivity contribution in [2.45, 2.75) is 12.8 Å². The lowest BCUT2D eigenvalue weighted by Crippen LogP contribution is -2.38. The topological polar surface area (TPSA) is 70.8 Å². The zero-order valence-corrected chi connectivity index (χ0v) is 14.1. The van der Waals surface area contributed by atoms with E-state index in [1.165, 1.54) is 0 Å². The van der Waals surface area contributed by atoms with Gasteiger partial charge in [0, 0.05) is 24.8 Å². The molecule has 0 aliphatic carbocycles. The molecule has 128 valence electrons. The molecule has 0 amide bonds. The minimum atomic E-state index is -0.769. The highest BCUT2D eigenvalue weighted by molar-refractivity contribution is 6.34. The largest absolute Gasteiger partial charge is 0.481 e. The maximum Gasteiger partial charge on any atom is 0.308 e. The zero-order valence-electron chi connectivity index (χ0n) is 13.4. The zero-order chi connectivity index (χ0) is 17.6. The lowest BCUT2D eigenvalue weighted by Gasteiger charge is -2.32. The third-order valence-electron chi connectivity index (χ3n) is 4.77. The van der Waals surface area contributed by atoms with E-state index in [1.54, 1.807) is 30.3 Å². The highest BCUT2D eigenvalue weighted by atomic mass is 35.5. The van der Waals surface area contributed by atoms with Crippen molar-refractivity contribution in [3.05, 3.63) is 51.6 Å². The van der Waals surface area contributed by atoms with Crippen molar-refractivity contribution in [2.75, 3.05) is 18.0 Å². The molecule has 1 fully saturated rings. The van der Waals surface area contributed by atoms with Gasteiger partial charge in [0.1, 0.15) is 5.58 Å². The van der Waals surface area contributed by atoms with E-state index in [0.717, 1.165) is 18.7 Å². The SMILES string of the molecule is O=C(O)C1CCCN(c2ccc3c(=O)c4cccc(Cl)c4oc3c2)C1. The smallest absolute Gasteiger partial charge is 0.308 e. The summed E-state index contributed by atoms with van der Waals surface area (Å²) in [5, 5.41) is 10.6. The summed E-state index contributed by atoms with van der Waals surface area (Å²) in [7, 11) is 0. The van der Waals surface area contributed by atoms with Gasteiger partial charge in [0.05, 0.1) is 21.7 Å². The number of carboxylic acid groups (broad SMARTS) is 1. The summed E-state index contributed by atoms with van der Waals surface area (Å²) in [5.74, 6) is -1.14. The van der Waals surface area contributed by atoms with Gasteiger partial charge in [0.2, 0.25) is 5.43 Å². The van der Waals surface area contributed by atoms with Gasteiger partial charge in [-0.3, -0.25) is 9.59 Å². The van der Waals surface area contributed by atoms with Crippen LogP contribution in [0.15, 0.2) is 45.6 Å². The summed E-state index contributed by atoms with van der Waals surface area (Å²) >= 11 is 6.16. The monoisotopic (exact) mass is 357 g/mol. The van der Waals surface area contributed by atoms with Crippen LogP contribution < -0.4 is 10.3 Å². The van der Waals surface area contributed by atoms with E-state index in [4.69, 9.17) is 16.0 Å². The van der Waals surface area contributed by atoms with Gasteiger partial charge in [0.25, 0.3) is 0 Å². The molecule has 4 rings (SSSR count). The molecular formula is C19H16ClNO4. The third kappa shape index (κ3) is 2.74. The molecule has 5 nitrogen and oxygen atoms in total. The molecule has 0 spiro atoms. The molecule has 1 aliphatic rings. The molecule has 1 unspecified atom stereocenters. The van der Waals surface area contributed by atoms with Crippen LogP contribution in [-0.2, 0) is 4.79 Å². The Morgan fingerprint density at radius 3 is 2.88 bits per heavy atom. The van der Waals surface area contributed by atoms with Crippen molar-refractivity contribution in [1.29, 1.82) is 0 Å². The average molecular weight is 358 g/mol. The van der Waals surface area contributed by atoms with Crippen LogP contribution in [-0.4, -0.2) is 24.2 Å². The Hall–Kier alpha value is -2.53. The second-order valence-electron chi connectivity index (χ2n) is 6.35. The van der Waals surface area contributed by atoms with Crippen molar-refractivity contribution in [1.82, 2.24) is 0 Å². The number of carboxylic acids is 1. The summed E-state index contributed by atoms with van der Waals surface area (Å²) < 4.78 is 5.89. The normalized spacial score (nSPS) is 18.0. The quantitative estimate of drug-likeness (QED) is 0.704. The van der Waals surface area contributed by atoms with E-state index in [1.807, 2.05) is 11.0 Å². The molecule has 0 saturated carbocycles. The highest BCUT2D eigenvalue weighted by Gasteiger charge is 2.25. The number of rotatable bonds is 2. The molecule has 2 heterocycles. The molecule has 1 atom stereocenters. The molecule has 3 aromatic rings. The Kier molecular flexibility index (Phi) is 3.88. The summed E-state index contributed by atoms with van der Waals surface area (Å²) in [6, 6.07) is 10.5. The molecule has 6 heteroatoms. The van der Waals surface area contributed by atoms with E-state index < -0.39 is 5.97 Å². The van der Waals surface area contributed by atoms with Gasteiger partial charge in [0.15, 0.2) is 5.58 Å². The summed E-state index contributed by atoms with van der Waals surface area (Å²) in [4.78, 5) is 26.0. The molecule has 0 bridgehead atoms. The van der Waals surface area contributed by atoms with Crippen molar-refractivity contribution >= 4 is 45.2 Å². The highest BCUT2D eigenvalue weighted by Crippen LogP contribution is 2.29. The second kappa shape index (κ2) is 6.08. The molecule has 25 heavy (non-hydrogen) atoms. The van der Waals surface area contributed by atoms with Gasteiger partial charge in [-0.1, -0.05) is 17.7 Å². The number of piperidine rings is 1. The Morgan fingerprint density at radius 1 is 1.24 bits per heavy atom. The average Bonchev–Trinajstić information content (AvgIpc) is 2.62. The maximum absolute atomic E-state index is 12.7. The summed E-state index contributed by atoms with van der Waals surface area (Å²) in [6.07, 6.45) is 1.51. The van der Waals surface area contributed by atoms with Crippen LogP contribution in [0, 0.1) is 5.92 Å². The van der Waals surface area contributed by atoms with Crippen LogP contribution in [0.3, 0.4) is 0 Å².